The number of aryl methyl sites for hydroxylation is 1. The van der Waals surface area contributed by atoms with E-state index in [9.17, 15) is 18.0 Å². The molecule has 1 aliphatic carbocycles. The molecule has 7 nitrogen and oxygen atoms in total. The van der Waals surface area contributed by atoms with Crippen LogP contribution in [-0.4, -0.2) is 42.5 Å². The second-order valence-corrected chi connectivity index (χ2v) is 7.28. The van der Waals surface area contributed by atoms with Crippen LogP contribution in [0.4, 0.5) is 13.2 Å². The van der Waals surface area contributed by atoms with Crippen molar-refractivity contribution in [1.29, 1.82) is 0 Å². The Morgan fingerprint density at radius 1 is 1.23 bits per heavy atom. The molecule has 0 unspecified atom stereocenters. The van der Waals surface area contributed by atoms with Crippen molar-refractivity contribution in [3.8, 4) is 11.4 Å². The summed E-state index contributed by atoms with van der Waals surface area (Å²) in [6, 6.07) is 5.60. The molecule has 0 spiro atoms. The average molecular weight is 419 g/mol. The highest BCUT2D eigenvalue weighted by Crippen LogP contribution is 2.28. The smallest absolute Gasteiger partial charge is 0.406 e. The van der Waals surface area contributed by atoms with Gasteiger partial charge in [-0.3, -0.25) is 4.79 Å². The Bertz CT molecular complexity index is 1020. The first-order valence-electron chi connectivity index (χ1n) is 9.47. The lowest BCUT2D eigenvalue weighted by molar-refractivity contribution is -0.274. The summed E-state index contributed by atoms with van der Waals surface area (Å²) in [7, 11) is 1.81. The van der Waals surface area contributed by atoms with Crippen molar-refractivity contribution >= 4 is 5.91 Å². The highest BCUT2D eigenvalue weighted by Gasteiger charge is 2.32. The molecule has 0 N–H and O–H groups in total. The van der Waals surface area contributed by atoms with Crippen molar-refractivity contribution in [3.63, 3.8) is 0 Å². The number of aromatic nitrogens is 4. The summed E-state index contributed by atoms with van der Waals surface area (Å²) in [4.78, 5) is 18.9. The SMILES string of the molecule is Cn1cnc(C(=O)N(Cc2cnn(-c3ccc(OC(F)(F)F)cc3)c2)C2CCC2)c1. The van der Waals surface area contributed by atoms with E-state index in [-0.39, 0.29) is 17.7 Å². The molecule has 2 heterocycles. The number of hydrogen-bond donors (Lipinski definition) is 0. The number of ether oxygens (including phenoxy) is 1. The van der Waals surface area contributed by atoms with Crippen LogP contribution >= 0.6 is 0 Å². The number of alkyl halides is 3. The summed E-state index contributed by atoms with van der Waals surface area (Å²) in [6.07, 6.45) is 4.96. The Hall–Kier alpha value is -3.30. The second kappa shape index (κ2) is 7.85. The van der Waals surface area contributed by atoms with Crippen LogP contribution in [-0.2, 0) is 13.6 Å². The zero-order chi connectivity index (χ0) is 21.3. The summed E-state index contributed by atoms with van der Waals surface area (Å²) < 4.78 is 44.1. The number of carbonyl (C=O) groups excluding carboxylic acids is 1. The molecule has 3 aromatic rings. The summed E-state index contributed by atoms with van der Waals surface area (Å²) in [5.41, 5.74) is 1.81. The van der Waals surface area contributed by atoms with Crippen molar-refractivity contribution in [1.82, 2.24) is 24.2 Å². The first kappa shape index (κ1) is 20.0. The molecular formula is C20H20F3N5O2. The maximum Gasteiger partial charge on any atom is 0.573 e. The van der Waals surface area contributed by atoms with E-state index < -0.39 is 6.36 Å². The average Bonchev–Trinajstić information content (AvgIpc) is 3.27. The maximum atomic E-state index is 12.9. The van der Waals surface area contributed by atoms with Crippen LogP contribution in [0.15, 0.2) is 49.2 Å². The molecule has 1 aromatic carbocycles. The van der Waals surface area contributed by atoms with Crippen LogP contribution in [0.5, 0.6) is 5.75 Å². The number of rotatable bonds is 6. The van der Waals surface area contributed by atoms with Crippen molar-refractivity contribution in [2.45, 2.75) is 38.2 Å². The Morgan fingerprint density at radius 3 is 2.53 bits per heavy atom. The number of imidazole rings is 1. The molecular weight excluding hydrogens is 399 g/mol. The van der Waals surface area contributed by atoms with Gasteiger partial charge in [0.05, 0.1) is 18.2 Å². The lowest BCUT2D eigenvalue weighted by atomic mass is 9.91. The maximum absolute atomic E-state index is 12.9. The second-order valence-electron chi connectivity index (χ2n) is 7.28. The minimum absolute atomic E-state index is 0.123. The Balaban J connectivity index is 1.49. The molecule has 0 aliphatic heterocycles. The van der Waals surface area contributed by atoms with Gasteiger partial charge >= 0.3 is 6.36 Å². The van der Waals surface area contributed by atoms with Crippen molar-refractivity contribution < 1.29 is 22.7 Å². The molecule has 1 fully saturated rings. The molecule has 1 amide bonds. The molecule has 158 valence electrons. The zero-order valence-electron chi connectivity index (χ0n) is 16.2. The third-order valence-electron chi connectivity index (χ3n) is 5.02. The fraction of sp³-hybridized carbons (Fsp3) is 0.350. The molecule has 4 rings (SSSR count). The highest BCUT2D eigenvalue weighted by molar-refractivity contribution is 5.92. The molecule has 10 heteroatoms. The molecule has 1 aliphatic rings. The first-order valence-corrected chi connectivity index (χ1v) is 9.47. The van der Waals surface area contributed by atoms with E-state index in [1.165, 1.54) is 24.3 Å². The van der Waals surface area contributed by atoms with Crippen LogP contribution < -0.4 is 4.74 Å². The lowest BCUT2D eigenvalue weighted by Crippen LogP contribution is -2.43. The largest absolute Gasteiger partial charge is 0.573 e. The van der Waals surface area contributed by atoms with Gasteiger partial charge in [0.15, 0.2) is 0 Å². The van der Waals surface area contributed by atoms with E-state index in [0.717, 1.165) is 24.8 Å². The normalized spacial score (nSPS) is 14.4. The Labute approximate surface area is 170 Å². The standard InChI is InChI=1S/C20H20F3N5O2/c1-26-12-18(24-13-26)19(29)27(15-3-2-4-15)10-14-9-25-28(11-14)16-5-7-17(8-6-16)30-20(21,22)23/h5-9,11-13,15H,2-4,10H2,1H3. The topological polar surface area (TPSA) is 65.2 Å². The van der Waals surface area contributed by atoms with E-state index in [1.54, 1.807) is 34.2 Å². The number of nitrogens with zero attached hydrogens (tertiary/aromatic N) is 5. The van der Waals surface area contributed by atoms with Gasteiger partial charge in [0, 0.05) is 37.6 Å². The van der Waals surface area contributed by atoms with Gasteiger partial charge in [-0.05, 0) is 43.5 Å². The van der Waals surface area contributed by atoms with E-state index in [0.29, 0.717) is 17.9 Å². The molecule has 1 saturated carbocycles. The fourth-order valence-electron chi connectivity index (χ4n) is 3.32. The van der Waals surface area contributed by atoms with E-state index >= 15 is 0 Å². The van der Waals surface area contributed by atoms with Crippen molar-refractivity contribution in [2.75, 3.05) is 0 Å². The van der Waals surface area contributed by atoms with Crippen molar-refractivity contribution in [3.05, 3.63) is 60.4 Å². The molecule has 0 atom stereocenters. The van der Waals surface area contributed by atoms with E-state index in [2.05, 4.69) is 14.8 Å². The van der Waals surface area contributed by atoms with E-state index in [4.69, 9.17) is 0 Å². The summed E-state index contributed by atoms with van der Waals surface area (Å²) in [5, 5.41) is 4.28. The minimum Gasteiger partial charge on any atom is -0.406 e. The number of amides is 1. The van der Waals surface area contributed by atoms with Crippen LogP contribution in [0.3, 0.4) is 0 Å². The summed E-state index contributed by atoms with van der Waals surface area (Å²) in [6.45, 7) is 0.384. The lowest BCUT2D eigenvalue weighted by Gasteiger charge is -2.37. The van der Waals surface area contributed by atoms with Gasteiger partial charge in [0.1, 0.15) is 11.4 Å². The van der Waals surface area contributed by atoms with Gasteiger partial charge in [-0.1, -0.05) is 0 Å². The van der Waals surface area contributed by atoms with E-state index in [1.807, 2.05) is 11.9 Å². The Kier molecular flexibility index (Phi) is 5.23. The molecule has 0 saturated heterocycles. The third kappa shape index (κ3) is 4.47. The Morgan fingerprint density at radius 2 is 1.97 bits per heavy atom. The first-order chi connectivity index (χ1) is 14.3. The number of halogens is 3. The van der Waals surface area contributed by atoms with Gasteiger partial charge < -0.3 is 14.2 Å². The zero-order valence-corrected chi connectivity index (χ0v) is 16.2. The molecule has 30 heavy (non-hydrogen) atoms. The minimum atomic E-state index is -4.73. The van der Waals surface area contributed by atoms with Crippen LogP contribution in [0.2, 0.25) is 0 Å². The van der Waals surface area contributed by atoms with Gasteiger partial charge in [-0.25, -0.2) is 9.67 Å². The van der Waals surface area contributed by atoms with Crippen molar-refractivity contribution in [2.24, 2.45) is 7.05 Å². The summed E-state index contributed by atoms with van der Waals surface area (Å²) in [5.74, 6) is -0.419. The van der Waals surface area contributed by atoms with Gasteiger partial charge in [0.2, 0.25) is 0 Å². The highest BCUT2D eigenvalue weighted by atomic mass is 19.4. The molecule has 0 bridgehead atoms. The van der Waals surface area contributed by atoms with Gasteiger partial charge in [-0.15, -0.1) is 13.2 Å². The molecule has 0 radical (unpaired) electrons. The number of benzene rings is 1. The van der Waals surface area contributed by atoms with Gasteiger partial charge in [0.25, 0.3) is 5.91 Å². The van der Waals surface area contributed by atoms with Gasteiger partial charge in [-0.2, -0.15) is 5.10 Å². The van der Waals surface area contributed by atoms with Crippen LogP contribution in [0.25, 0.3) is 5.69 Å². The number of hydrogen-bond acceptors (Lipinski definition) is 4. The predicted octanol–water partition coefficient (Wildman–Crippen LogP) is 3.70. The van der Waals surface area contributed by atoms with Crippen LogP contribution in [0.1, 0.15) is 35.3 Å². The summed E-state index contributed by atoms with van der Waals surface area (Å²) >= 11 is 0. The predicted molar refractivity (Wildman–Crippen MR) is 101 cm³/mol. The number of carbonyl (C=O) groups is 1. The third-order valence-corrected chi connectivity index (χ3v) is 5.02. The fourth-order valence-corrected chi connectivity index (χ4v) is 3.32. The quantitative estimate of drug-likeness (QED) is 0.611. The monoisotopic (exact) mass is 419 g/mol. The molecule has 2 aromatic heterocycles. The van der Waals surface area contributed by atoms with Crippen LogP contribution in [0, 0.1) is 0 Å².